The molecule has 1 N–H and O–H groups in total. The Kier molecular flexibility index (Phi) is 4.38. The van der Waals surface area contributed by atoms with Crippen molar-refractivity contribution in [1.29, 1.82) is 0 Å². The molecule has 6 heteroatoms. The van der Waals surface area contributed by atoms with Crippen LogP contribution >= 0.6 is 0 Å². The molecule has 0 unspecified atom stereocenters. The van der Waals surface area contributed by atoms with Gasteiger partial charge in [0.2, 0.25) is 0 Å². The molecule has 27 heavy (non-hydrogen) atoms. The van der Waals surface area contributed by atoms with E-state index in [0.29, 0.717) is 22.7 Å². The zero-order chi connectivity index (χ0) is 18.8. The van der Waals surface area contributed by atoms with Gasteiger partial charge >= 0.3 is 0 Å². The molecule has 6 nitrogen and oxygen atoms in total. The molecule has 0 saturated carbocycles. The predicted molar refractivity (Wildman–Crippen MR) is 103 cm³/mol. The number of rotatable bonds is 4. The van der Waals surface area contributed by atoms with E-state index in [4.69, 9.17) is 9.47 Å². The van der Waals surface area contributed by atoms with Crippen LogP contribution in [0.1, 0.15) is 22.2 Å². The fourth-order valence-electron chi connectivity index (χ4n) is 3.23. The second-order valence-electron chi connectivity index (χ2n) is 6.06. The molecule has 0 aliphatic carbocycles. The molecule has 2 aromatic carbocycles. The molecular formula is C21H19N3O3. The maximum atomic E-state index is 13.4. The number of hydrogen-bond acceptors (Lipinski definition) is 5. The van der Waals surface area contributed by atoms with Crippen LogP contribution in [0.15, 0.2) is 66.9 Å². The molecule has 4 rings (SSSR count). The summed E-state index contributed by atoms with van der Waals surface area (Å²) in [5.41, 5.74) is 2.75. The Morgan fingerprint density at radius 2 is 1.81 bits per heavy atom. The van der Waals surface area contributed by atoms with Crippen molar-refractivity contribution < 1.29 is 14.3 Å². The highest BCUT2D eigenvalue weighted by Gasteiger charge is 2.36. The first-order chi connectivity index (χ1) is 13.2. The first-order valence-corrected chi connectivity index (χ1v) is 8.55. The Morgan fingerprint density at radius 3 is 2.56 bits per heavy atom. The summed E-state index contributed by atoms with van der Waals surface area (Å²) in [5, 5.41) is 3.43. The number of benzene rings is 2. The van der Waals surface area contributed by atoms with Gasteiger partial charge in [0, 0.05) is 18.0 Å². The monoisotopic (exact) mass is 361 g/mol. The summed E-state index contributed by atoms with van der Waals surface area (Å²) in [7, 11) is 3.17. The maximum Gasteiger partial charge on any atom is 0.262 e. The number of carbonyl (C=O) groups excluding carboxylic acids is 1. The molecule has 0 radical (unpaired) electrons. The summed E-state index contributed by atoms with van der Waals surface area (Å²) in [4.78, 5) is 19.5. The third-order valence-corrected chi connectivity index (χ3v) is 4.54. The lowest BCUT2D eigenvalue weighted by atomic mass is 10.0. The Hall–Kier alpha value is -3.54. The van der Waals surface area contributed by atoms with Gasteiger partial charge in [0.25, 0.3) is 5.91 Å². The molecule has 1 aliphatic heterocycles. The molecule has 0 bridgehead atoms. The van der Waals surface area contributed by atoms with E-state index in [2.05, 4.69) is 10.3 Å². The van der Waals surface area contributed by atoms with E-state index < -0.39 is 6.17 Å². The average molecular weight is 361 g/mol. The first-order valence-electron chi connectivity index (χ1n) is 8.55. The van der Waals surface area contributed by atoms with E-state index >= 15 is 0 Å². The van der Waals surface area contributed by atoms with Crippen molar-refractivity contribution in [3.63, 3.8) is 0 Å². The van der Waals surface area contributed by atoms with Gasteiger partial charge in [-0.05, 0) is 36.4 Å². The third-order valence-electron chi connectivity index (χ3n) is 4.54. The van der Waals surface area contributed by atoms with Crippen molar-refractivity contribution in [1.82, 2.24) is 4.98 Å². The Labute approximate surface area is 157 Å². The molecule has 1 aromatic heterocycles. The fourth-order valence-corrected chi connectivity index (χ4v) is 3.23. The summed E-state index contributed by atoms with van der Waals surface area (Å²) < 4.78 is 10.8. The summed E-state index contributed by atoms with van der Waals surface area (Å²) >= 11 is 0. The number of aromatic nitrogens is 1. The number of amides is 1. The van der Waals surface area contributed by atoms with Crippen LogP contribution in [0.4, 0.5) is 11.4 Å². The molecule has 3 aromatic rings. The van der Waals surface area contributed by atoms with Crippen molar-refractivity contribution in [3.05, 3.63) is 78.1 Å². The highest BCUT2D eigenvalue weighted by molar-refractivity contribution is 6.12. The minimum atomic E-state index is -0.462. The van der Waals surface area contributed by atoms with Crippen LogP contribution < -0.4 is 19.7 Å². The molecular weight excluding hydrogens is 342 g/mol. The number of nitrogens with zero attached hydrogens (tertiary/aromatic N) is 2. The molecule has 1 amide bonds. The summed E-state index contributed by atoms with van der Waals surface area (Å²) in [6.07, 6.45) is 1.25. The van der Waals surface area contributed by atoms with Gasteiger partial charge in [0.05, 0.1) is 31.2 Å². The molecule has 1 aliphatic rings. The SMILES string of the molecule is COc1ccc(N2C(=O)c3ccccc3N[C@@H]2c2ccccn2)c(OC)c1. The lowest BCUT2D eigenvalue weighted by molar-refractivity contribution is 0.0973. The topological polar surface area (TPSA) is 63.7 Å². The van der Waals surface area contributed by atoms with Crippen LogP contribution in [0.3, 0.4) is 0 Å². The van der Waals surface area contributed by atoms with Crippen molar-refractivity contribution in [2.75, 3.05) is 24.4 Å². The smallest absolute Gasteiger partial charge is 0.262 e. The zero-order valence-corrected chi connectivity index (χ0v) is 15.0. The number of carbonyl (C=O) groups is 1. The molecule has 136 valence electrons. The largest absolute Gasteiger partial charge is 0.497 e. The number of nitrogens with one attached hydrogen (secondary N) is 1. The maximum absolute atomic E-state index is 13.4. The summed E-state index contributed by atoms with van der Waals surface area (Å²) in [6.45, 7) is 0. The van der Waals surface area contributed by atoms with Crippen LogP contribution in [-0.4, -0.2) is 25.1 Å². The van der Waals surface area contributed by atoms with Crippen LogP contribution in [0.5, 0.6) is 11.5 Å². The van der Waals surface area contributed by atoms with Crippen molar-refractivity contribution >= 4 is 17.3 Å². The van der Waals surface area contributed by atoms with E-state index in [-0.39, 0.29) is 5.91 Å². The third kappa shape index (κ3) is 2.95. The van der Waals surface area contributed by atoms with Gasteiger partial charge in [0.15, 0.2) is 6.17 Å². The molecule has 1 atom stereocenters. The Morgan fingerprint density at radius 1 is 1.00 bits per heavy atom. The van der Waals surface area contributed by atoms with Gasteiger partial charge in [-0.3, -0.25) is 14.7 Å². The number of methoxy groups -OCH3 is 2. The number of para-hydroxylation sites is 1. The second-order valence-corrected chi connectivity index (χ2v) is 6.06. The zero-order valence-electron chi connectivity index (χ0n) is 15.0. The minimum absolute atomic E-state index is 0.122. The molecule has 0 fully saturated rings. The highest BCUT2D eigenvalue weighted by atomic mass is 16.5. The van der Waals surface area contributed by atoms with E-state index in [1.54, 1.807) is 37.4 Å². The van der Waals surface area contributed by atoms with Gasteiger partial charge in [-0.25, -0.2) is 0 Å². The van der Waals surface area contributed by atoms with Crippen molar-refractivity contribution in [2.45, 2.75) is 6.17 Å². The lowest BCUT2D eigenvalue weighted by Crippen LogP contribution is -2.43. The van der Waals surface area contributed by atoms with Gasteiger partial charge in [0.1, 0.15) is 11.5 Å². The number of fused-ring (bicyclic) bond motifs is 1. The summed E-state index contributed by atoms with van der Waals surface area (Å²) in [5.74, 6) is 1.08. The van der Waals surface area contributed by atoms with Crippen LogP contribution in [0.2, 0.25) is 0 Å². The standard InChI is InChI=1S/C21H19N3O3/c1-26-14-10-11-18(19(13-14)27-2)24-20(17-9-5-6-12-22-17)23-16-8-4-3-7-15(16)21(24)25/h3-13,20,23H,1-2H3/t20-/m0/s1. The Balaban J connectivity index is 1.89. The van der Waals surface area contributed by atoms with E-state index in [1.165, 1.54) is 0 Å². The van der Waals surface area contributed by atoms with Crippen molar-refractivity contribution in [2.24, 2.45) is 0 Å². The van der Waals surface area contributed by atoms with Gasteiger partial charge < -0.3 is 14.8 Å². The molecule has 0 saturated heterocycles. The van der Waals surface area contributed by atoms with Crippen LogP contribution in [0.25, 0.3) is 0 Å². The predicted octanol–water partition coefficient (Wildman–Crippen LogP) is 3.87. The number of hydrogen-bond donors (Lipinski definition) is 1. The fraction of sp³-hybridized carbons (Fsp3) is 0.143. The highest BCUT2D eigenvalue weighted by Crippen LogP contribution is 2.41. The summed E-state index contributed by atoms with van der Waals surface area (Å²) in [6, 6.07) is 18.5. The first kappa shape index (κ1) is 16.9. The number of anilines is 2. The van der Waals surface area contributed by atoms with Gasteiger partial charge in [-0.2, -0.15) is 0 Å². The van der Waals surface area contributed by atoms with Gasteiger partial charge in [-0.15, -0.1) is 0 Å². The van der Waals surface area contributed by atoms with Crippen LogP contribution in [0, 0.1) is 0 Å². The Bertz CT molecular complexity index is 975. The van der Waals surface area contributed by atoms with Crippen LogP contribution in [-0.2, 0) is 0 Å². The number of pyridine rings is 1. The average Bonchev–Trinajstić information content (AvgIpc) is 2.74. The lowest BCUT2D eigenvalue weighted by Gasteiger charge is -2.38. The number of ether oxygens (including phenoxy) is 2. The van der Waals surface area contributed by atoms with Gasteiger partial charge in [-0.1, -0.05) is 18.2 Å². The van der Waals surface area contributed by atoms with E-state index in [9.17, 15) is 4.79 Å². The molecule has 2 heterocycles. The van der Waals surface area contributed by atoms with E-state index in [0.717, 1.165) is 11.4 Å². The second kappa shape index (κ2) is 6.99. The van der Waals surface area contributed by atoms with Crippen molar-refractivity contribution in [3.8, 4) is 11.5 Å². The molecule has 0 spiro atoms. The quantitative estimate of drug-likeness (QED) is 0.764. The normalized spacial score (nSPS) is 15.7. The minimum Gasteiger partial charge on any atom is -0.497 e. The van der Waals surface area contributed by atoms with E-state index in [1.807, 2.05) is 48.5 Å².